The molecule has 1 atom stereocenters. The van der Waals surface area contributed by atoms with Crippen LogP contribution in [0.5, 0.6) is 0 Å². The monoisotopic (exact) mass is 364 g/mol. The Bertz CT molecular complexity index is 843. The van der Waals surface area contributed by atoms with E-state index in [0.717, 1.165) is 16.5 Å². The number of hydrogen-bond acceptors (Lipinski definition) is 5. The van der Waals surface area contributed by atoms with Gasteiger partial charge in [-0.2, -0.15) is 0 Å². The smallest absolute Gasteiger partial charge is 0.246 e. The van der Waals surface area contributed by atoms with E-state index in [9.17, 15) is 4.79 Å². The number of carbonyl (C=O) groups is 1. The van der Waals surface area contributed by atoms with Crippen molar-refractivity contribution in [3.05, 3.63) is 78.6 Å². The number of benzene rings is 2. The second-order valence-electron chi connectivity index (χ2n) is 5.74. The van der Waals surface area contributed by atoms with Crippen LogP contribution < -0.4 is 10.6 Å². The van der Waals surface area contributed by atoms with Crippen LogP contribution in [0.1, 0.15) is 12.5 Å². The Kier molecular flexibility index (Phi) is 6.22. The highest BCUT2D eigenvalue weighted by molar-refractivity contribution is 7.98. The van der Waals surface area contributed by atoms with E-state index in [4.69, 9.17) is 0 Å². The fourth-order valence-corrected chi connectivity index (χ4v) is 3.08. The van der Waals surface area contributed by atoms with Crippen LogP contribution in [0.2, 0.25) is 0 Å². The Morgan fingerprint density at radius 2 is 1.73 bits per heavy atom. The first kappa shape index (κ1) is 17.9. The molecule has 3 rings (SSSR count). The summed E-state index contributed by atoms with van der Waals surface area (Å²) in [7, 11) is 0. The van der Waals surface area contributed by atoms with Crippen molar-refractivity contribution in [2.24, 2.45) is 0 Å². The van der Waals surface area contributed by atoms with Gasteiger partial charge in [0.05, 0.1) is 12.4 Å². The largest absolute Gasteiger partial charge is 0.357 e. The molecule has 2 aromatic carbocycles. The summed E-state index contributed by atoms with van der Waals surface area (Å²) in [6.07, 6.45) is 3.35. The van der Waals surface area contributed by atoms with Gasteiger partial charge in [-0.15, -0.1) is 11.8 Å². The van der Waals surface area contributed by atoms with Gasteiger partial charge < -0.3 is 10.6 Å². The lowest BCUT2D eigenvalue weighted by Gasteiger charge is -2.14. The zero-order valence-electron chi connectivity index (χ0n) is 14.4. The van der Waals surface area contributed by atoms with Crippen molar-refractivity contribution in [3.63, 3.8) is 0 Å². The van der Waals surface area contributed by atoms with Gasteiger partial charge in [0, 0.05) is 11.4 Å². The number of thioether (sulfide) groups is 1. The minimum atomic E-state index is -0.432. The molecule has 0 spiro atoms. The van der Waals surface area contributed by atoms with E-state index in [-0.39, 0.29) is 5.91 Å². The van der Waals surface area contributed by atoms with Crippen LogP contribution in [0.4, 0.5) is 11.5 Å². The second kappa shape index (κ2) is 9.01. The quantitative estimate of drug-likeness (QED) is 0.615. The topological polar surface area (TPSA) is 66.9 Å². The van der Waals surface area contributed by atoms with E-state index in [1.807, 2.05) is 48.5 Å². The van der Waals surface area contributed by atoms with Crippen LogP contribution in [0, 0.1) is 0 Å². The molecule has 0 saturated heterocycles. The number of amides is 1. The van der Waals surface area contributed by atoms with Crippen LogP contribution in [-0.4, -0.2) is 21.9 Å². The molecule has 0 aliphatic heterocycles. The molecule has 3 aromatic rings. The Morgan fingerprint density at radius 1 is 1.04 bits per heavy atom. The van der Waals surface area contributed by atoms with Crippen molar-refractivity contribution in [1.82, 2.24) is 9.97 Å². The van der Waals surface area contributed by atoms with Crippen molar-refractivity contribution < 1.29 is 4.79 Å². The van der Waals surface area contributed by atoms with Gasteiger partial charge in [-0.3, -0.25) is 9.78 Å². The minimum absolute atomic E-state index is 0.125. The summed E-state index contributed by atoms with van der Waals surface area (Å²) in [6.45, 7) is 1.80. The lowest BCUT2D eigenvalue weighted by atomic mass is 10.2. The molecule has 5 nitrogen and oxygen atoms in total. The third-order valence-corrected chi connectivity index (χ3v) is 4.61. The zero-order valence-corrected chi connectivity index (χ0v) is 15.2. The maximum atomic E-state index is 12.3. The molecule has 0 bridgehead atoms. The summed E-state index contributed by atoms with van der Waals surface area (Å²) in [5.74, 6) is 1.28. The summed E-state index contributed by atoms with van der Waals surface area (Å²) in [5, 5.41) is 6.78. The van der Waals surface area contributed by atoms with Crippen LogP contribution in [0.25, 0.3) is 0 Å². The summed E-state index contributed by atoms with van der Waals surface area (Å²) in [4.78, 5) is 21.0. The summed E-state index contributed by atoms with van der Waals surface area (Å²) in [5.41, 5.74) is 2.00. The molecule has 0 saturated carbocycles. The number of aromatic nitrogens is 2. The first-order valence-electron chi connectivity index (χ1n) is 8.32. The Hall–Kier alpha value is -2.86. The van der Waals surface area contributed by atoms with Gasteiger partial charge in [-0.25, -0.2) is 4.98 Å². The molecule has 26 heavy (non-hydrogen) atoms. The van der Waals surface area contributed by atoms with Gasteiger partial charge in [0.15, 0.2) is 0 Å². The van der Waals surface area contributed by atoms with Crippen molar-refractivity contribution in [2.75, 3.05) is 10.6 Å². The van der Waals surface area contributed by atoms with Crippen molar-refractivity contribution in [3.8, 4) is 0 Å². The normalized spacial score (nSPS) is 11.6. The fraction of sp³-hybridized carbons (Fsp3) is 0.150. The average molecular weight is 364 g/mol. The third kappa shape index (κ3) is 5.32. The van der Waals surface area contributed by atoms with E-state index < -0.39 is 6.04 Å². The molecule has 0 aliphatic rings. The highest BCUT2D eigenvalue weighted by Gasteiger charge is 2.13. The maximum Gasteiger partial charge on any atom is 0.246 e. The number of hydrogen-bond donors (Lipinski definition) is 2. The van der Waals surface area contributed by atoms with E-state index in [1.165, 1.54) is 5.56 Å². The number of rotatable bonds is 7. The van der Waals surface area contributed by atoms with Crippen LogP contribution in [-0.2, 0) is 10.5 Å². The highest BCUT2D eigenvalue weighted by atomic mass is 32.2. The van der Waals surface area contributed by atoms with Gasteiger partial charge >= 0.3 is 0 Å². The first-order chi connectivity index (χ1) is 12.7. The van der Waals surface area contributed by atoms with Crippen LogP contribution in [0.3, 0.4) is 0 Å². The first-order valence-corrected chi connectivity index (χ1v) is 9.30. The van der Waals surface area contributed by atoms with Gasteiger partial charge in [-0.1, -0.05) is 48.5 Å². The number of anilines is 2. The Labute approximate surface area is 157 Å². The molecule has 1 aromatic heterocycles. The Balaban J connectivity index is 1.56. The van der Waals surface area contributed by atoms with Gasteiger partial charge in [-0.05, 0) is 24.6 Å². The standard InChI is InChI=1S/C20H20N4OS/c1-15(20(25)23-17-10-6-3-7-11-17)22-18-12-21-13-19(24-18)26-14-16-8-4-2-5-9-16/h2-13,15H,14H2,1H3,(H,22,24)(H,23,25). The maximum absolute atomic E-state index is 12.3. The molecule has 2 N–H and O–H groups in total. The van der Waals surface area contributed by atoms with Crippen molar-refractivity contribution in [1.29, 1.82) is 0 Å². The predicted molar refractivity (Wildman–Crippen MR) is 106 cm³/mol. The lowest BCUT2D eigenvalue weighted by molar-refractivity contribution is -0.116. The number of nitrogens with zero attached hydrogens (tertiary/aromatic N) is 2. The predicted octanol–water partition coefficient (Wildman–Crippen LogP) is 4.21. The molecule has 132 valence electrons. The van der Waals surface area contributed by atoms with Crippen LogP contribution >= 0.6 is 11.8 Å². The zero-order chi connectivity index (χ0) is 18.2. The molecule has 1 unspecified atom stereocenters. The molecule has 0 radical (unpaired) electrons. The number of para-hydroxylation sites is 1. The van der Waals surface area contributed by atoms with Crippen molar-refractivity contribution >= 4 is 29.2 Å². The molecule has 6 heteroatoms. The van der Waals surface area contributed by atoms with E-state index in [2.05, 4.69) is 32.7 Å². The molecular weight excluding hydrogens is 344 g/mol. The third-order valence-electron chi connectivity index (χ3n) is 3.64. The average Bonchev–Trinajstić information content (AvgIpc) is 2.68. The number of nitrogens with one attached hydrogen (secondary N) is 2. The van der Waals surface area contributed by atoms with Crippen LogP contribution in [0.15, 0.2) is 78.1 Å². The van der Waals surface area contributed by atoms with Gasteiger partial charge in [0.1, 0.15) is 16.9 Å². The molecule has 1 amide bonds. The van der Waals surface area contributed by atoms with Gasteiger partial charge in [0.25, 0.3) is 0 Å². The molecule has 0 aliphatic carbocycles. The highest BCUT2D eigenvalue weighted by Crippen LogP contribution is 2.21. The molecule has 0 fully saturated rings. The van der Waals surface area contributed by atoms with Gasteiger partial charge in [0.2, 0.25) is 5.91 Å². The second-order valence-corrected chi connectivity index (χ2v) is 6.73. The summed E-state index contributed by atoms with van der Waals surface area (Å²) in [6, 6.07) is 19.1. The molecule has 1 heterocycles. The fourth-order valence-electron chi connectivity index (χ4n) is 2.28. The number of carbonyl (C=O) groups excluding carboxylic acids is 1. The minimum Gasteiger partial charge on any atom is -0.357 e. The van der Waals surface area contributed by atoms with E-state index in [1.54, 1.807) is 31.1 Å². The SMILES string of the molecule is CC(Nc1cncc(SCc2ccccc2)n1)C(=O)Nc1ccccc1. The van der Waals surface area contributed by atoms with E-state index >= 15 is 0 Å². The van der Waals surface area contributed by atoms with Crippen molar-refractivity contribution in [2.45, 2.75) is 23.7 Å². The molecular formula is C20H20N4OS. The Morgan fingerprint density at radius 3 is 2.46 bits per heavy atom. The summed E-state index contributed by atoms with van der Waals surface area (Å²) >= 11 is 1.61. The lowest BCUT2D eigenvalue weighted by Crippen LogP contribution is -2.32. The summed E-state index contributed by atoms with van der Waals surface area (Å²) < 4.78 is 0. The van der Waals surface area contributed by atoms with E-state index in [0.29, 0.717) is 5.82 Å².